The van der Waals surface area contributed by atoms with Crippen molar-refractivity contribution in [3.8, 4) is 0 Å². The fourth-order valence-electron chi connectivity index (χ4n) is 5.44. The van der Waals surface area contributed by atoms with Crippen LogP contribution in [0, 0.1) is 0 Å². The van der Waals surface area contributed by atoms with Crippen molar-refractivity contribution in [2.45, 2.75) is 31.2 Å². The van der Waals surface area contributed by atoms with E-state index in [0.717, 1.165) is 36.1 Å². The van der Waals surface area contributed by atoms with Crippen molar-refractivity contribution in [3.63, 3.8) is 0 Å². The van der Waals surface area contributed by atoms with Crippen molar-refractivity contribution in [2.24, 2.45) is 0 Å². The van der Waals surface area contributed by atoms with E-state index in [0.29, 0.717) is 38.2 Å². The van der Waals surface area contributed by atoms with E-state index < -0.39 is 5.54 Å². The van der Waals surface area contributed by atoms with Crippen molar-refractivity contribution in [1.82, 2.24) is 14.7 Å². The molecular weight excluding hydrogens is 496 g/mol. The van der Waals surface area contributed by atoms with Gasteiger partial charge in [0.05, 0.1) is 12.2 Å². The minimum Gasteiger partial charge on any atom is -0.341 e. The fourth-order valence-corrected chi connectivity index (χ4v) is 5.89. The summed E-state index contributed by atoms with van der Waals surface area (Å²) < 4.78 is 0.773. The van der Waals surface area contributed by atoms with Crippen molar-refractivity contribution in [1.29, 1.82) is 0 Å². The Morgan fingerprint density at radius 1 is 0.853 bits per heavy atom. The smallest absolute Gasteiger partial charge is 0.255 e. The second kappa shape index (κ2) is 9.41. The highest BCUT2D eigenvalue weighted by Gasteiger charge is 2.54. The maximum Gasteiger partial charge on any atom is 0.255 e. The molecule has 3 saturated heterocycles. The van der Waals surface area contributed by atoms with Gasteiger partial charge < -0.3 is 19.6 Å². The molecule has 34 heavy (non-hydrogen) atoms. The van der Waals surface area contributed by atoms with Crippen LogP contribution in [-0.4, -0.2) is 77.4 Å². The molecule has 2 aromatic rings. The summed E-state index contributed by atoms with van der Waals surface area (Å²) in [5.74, 6) is -0.00515. The van der Waals surface area contributed by atoms with E-state index in [9.17, 15) is 14.4 Å². The van der Waals surface area contributed by atoms with Crippen LogP contribution >= 0.6 is 15.9 Å². The first-order valence-corrected chi connectivity index (χ1v) is 12.7. The molecule has 8 heteroatoms. The standard InChI is InChI=1S/C26H29BrN4O3/c27-22-11-5-4-10-21(22)24(33)29-16-12-26(13-17-29)25(34)30(18-23(32)28-14-6-7-15-28)19-31(26)20-8-2-1-3-9-20/h1-5,8-11H,6-7,12-19H2. The van der Waals surface area contributed by atoms with Gasteiger partial charge in [-0.1, -0.05) is 30.3 Å². The number of amides is 3. The first-order chi connectivity index (χ1) is 16.5. The number of hydrogen-bond acceptors (Lipinski definition) is 4. The highest BCUT2D eigenvalue weighted by Crippen LogP contribution is 2.40. The normalized spacial score (nSPS) is 19.9. The molecule has 0 N–H and O–H groups in total. The highest BCUT2D eigenvalue weighted by atomic mass is 79.9. The number of rotatable bonds is 4. The lowest BCUT2D eigenvalue weighted by atomic mass is 9.85. The van der Waals surface area contributed by atoms with Gasteiger partial charge in [0.1, 0.15) is 12.1 Å². The van der Waals surface area contributed by atoms with Gasteiger partial charge in [-0.25, -0.2) is 0 Å². The number of nitrogens with zero attached hydrogens (tertiary/aromatic N) is 4. The third-order valence-electron chi connectivity index (χ3n) is 7.35. The first-order valence-electron chi connectivity index (χ1n) is 11.9. The zero-order valence-corrected chi connectivity index (χ0v) is 20.7. The summed E-state index contributed by atoms with van der Waals surface area (Å²) in [7, 11) is 0. The van der Waals surface area contributed by atoms with Crippen LogP contribution in [0.4, 0.5) is 5.69 Å². The van der Waals surface area contributed by atoms with Crippen molar-refractivity contribution < 1.29 is 14.4 Å². The summed E-state index contributed by atoms with van der Waals surface area (Å²) in [6.45, 7) is 3.04. The van der Waals surface area contributed by atoms with Crippen molar-refractivity contribution in [3.05, 3.63) is 64.6 Å². The number of hydrogen-bond donors (Lipinski definition) is 0. The number of piperidine rings is 1. The van der Waals surface area contributed by atoms with Gasteiger partial charge in [-0.3, -0.25) is 14.4 Å². The molecule has 178 valence electrons. The predicted octanol–water partition coefficient (Wildman–Crippen LogP) is 3.35. The molecule has 1 spiro atoms. The third-order valence-corrected chi connectivity index (χ3v) is 8.04. The number of para-hydroxylation sites is 1. The molecule has 2 aromatic carbocycles. The quantitative estimate of drug-likeness (QED) is 0.615. The molecule has 0 saturated carbocycles. The van der Waals surface area contributed by atoms with Crippen LogP contribution in [0.3, 0.4) is 0 Å². The fraction of sp³-hybridized carbons (Fsp3) is 0.423. The number of anilines is 1. The number of halogens is 1. The zero-order chi connectivity index (χ0) is 23.7. The maximum absolute atomic E-state index is 13.8. The van der Waals surface area contributed by atoms with E-state index in [-0.39, 0.29) is 24.3 Å². The van der Waals surface area contributed by atoms with Gasteiger partial charge in [0.15, 0.2) is 0 Å². The average Bonchev–Trinajstić information content (AvgIpc) is 3.49. The minimum atomic E-state index is -0.739. The van der Waals surface area contributed by atoms with Gasteiger partial charge in [-0.2, -0.15) is 0 Å². The Kier molecular flexibility index (Phi) is 6.34. The lowest BCUT2D eigenvalue weighted by molar-refractivity contribution is -0.140. The van der Waals surface area contributed by atoms with E-state index in [1.807, 2.05) is 64.4 Å². The van der Waals surface area contributed by atoms with Crippen LogP contribution in [-0.2, 0) is 9.59 Å². The summed E-state index contributed by atoms with van der Waals surface area (Å²) >= 11 is 3.48. The number of carbonyl (C=O) groups is 3. The lowest BCUT2D eigenvalue weighted by Crippen LogP contribution is -2.57. The van der Waals surface area contributed by atoms with E-state index in [2.05, 4.69) is 20.8 Å². The molecule has 3 aliphatic rings. The summed E-state index contributed by atoms with van der Waals surface area (Å²) in [6.07, 6.45) is 3.12. The molecule has 3 fully saturated rings. The Morgan fingerprint density at radius 2 is 1.50 bits per heavy atom. The van der Waals surface area contributed by atoms with Crippen LogP contribution in [0.15, 0.2) is 59.1 Å². The minimum absolute atomic E-state index is 0.00288. The van der Waals surface area contributed by atoms with E-state index in [4.69, 9.17) is 0 Å². The molecular formula is C26H29BrN4O3. The van der Waals surface area contributed by atoms with Crippen LogP contribution in [0.1, 0.15) is 36.0 Å². The zero-order valence-electron chi connectivity index (χ0n) is 19.2. The van der Waals surface area contributed by atoms with Crippen LogP contribution in [0.5, 0.6) is 0 Å². The van der Waals surface area contributed by atoms with Gasteiger partial charge in [0.2, 0.25) is 5.91 Å². The largest absolute Gasteiger partial charge is 0.341 e. The van der Waals surface area contributed by atoms with E-state index in [1.165, 1.54) is 0 Å². The maximum atomic E-state index is 13.8. The Bertz CT molecular complexity index is 1080. The monoisotopic (exact) mass is 524 g/mol. The Labute approximate surface area is 208 Å². The molecule has 3 aliphatic heterocycles. The van der Waals surface area contributed by atoms with E-state index >= 15 is 0 Å². The lowest BCUT2D eigenvalue weighted by Gasteiger charge is -2.43. The molecule has 3 heterocycles. The Hall–Kier alpha value is -2.87. The number of likely N-dealkylation sites (tertiary alicyclic amines) is 2. The SMILES string of the molecule is O=C(CN1CN(c2ccccc2)C2(CCN(C(=O)c3ccccc3Br)CC2)C1=O)N1CCCC1. The molecule has 0 aromatic heterocycles. The second-order valence-electron chi connectivity index (χ2n) is 9.30. The molecule has 0 radical (unpaired) electrons. The molecule has 0 bridgehead atoms. The Morgan fingerprint density at radius 3 is 2.18 bits per heavy atom. The van der Waals surface area contributed by atoms with Crippen LogP contribution in [0.25, 0.3) is 0 Å². The summed E-state index contributed by atoms with van der Waals surface area (Å²) in [5.41, 5.74) is 0.864. The van der Waals surface area contributed by atoms with Crippen molar-refractivity contribution in [2.75, 3.05) is 44.3 Å². The van der Waals surface area contributed by atoms with Gasteiger partial charge in [-0.15, -0.1) is 0 Å². The third kappa shape index (κ3) is 4.08. The summed E-state index contributed by atoms with van der Waals surface area (Å²) in [5, 5.41) is 0. The Balaban J connectivity index is 1.37. The van der Waals surface area contributed by atoms with Gasteiger partial charge in [0, 0.05) is 36.3 Å². The highest BCUT2D eigenvalue weighted by molar-refractivity contribution is 9.10. The summed E-state index contributed by atoms with van der Waals surface area (Å²) in [6, 6.07) is 17.4. The molecule has 5 rings (SSSR count). The first kappa shape index (κ1) is 22.9. The van der Waals surface area contributed by atoms with Crippen LogP contribution in [0.2, 0.25) is 0 Å². The average molecular weight is 525 g/mol. The topological polar surface area (TPSA) is 64.2 Å². The predicted molar refractivity (Wildman–Crippen MR) is 133 cm³/mol. The van der Waals surface area contributed by atoms with Crippen LogP contribution < -0.4 is 4.90 Å². The number of benzene rings is 2. The van der Waals surface area contributed by atoms with Crippen molar-refractivity contribution >= 4 is 39.3 Å². The number of carbonyl (C=O) groups excluding carboxylic acids is 3. The molecule has 0 aliphatic carbocycles. The van der Waals surface area contributed by atoms with Gasteiger partial charge in [-0.05, 0) is 65.9 Å². The summed E-state index contributed by atoms with van der Waals surface area (Å²) in [4.78, 5) is 47.4. The van der Waals surface area contributed by atoms with Gasteiger partial charge in [0.25, 0.3) is 11.8 Å². The molecule has 7 nitrogen and oxygen atoms in total. The molecule has 0 unspecified atom stereocenters. The van der Waals surface area contributed by atoms with E-state index in [1.54, 1.807) is 4.90 Å². The van der Waals surface area contributed by atoms with Gasteiger partial charge >= 0.3 is 0 Å². The molecule has 0 atom stereocenters. The second-order valence-corrected chi connectivity index (χ2v) is 10.2. The molecule has 3 amide bonds.